The van der Waals surface area contributed by atoms with E-state index < -0.39 is 17.8 Å². The Morgan fingerprint density at radius 1 is 1.07 bits per heavy atom. The molecule has 1 saturated carbocycles. The number of benzene rings is 2. The number of nitrogens with zero attached hydrogens (tertiary/aromatic N) is 2. The molecule has 43 heavy (non-hydrogen) atoms. The second-order valence-electron chi connectivity index (χ2n) is 11.7. The van der Waals surface area contributed by atoms with E-state index in [-0.39, 0.29) is 52.8 Å². The normalized spacial score (nSPS) is 23.6. The standard InChI is InChI=1S/C32H35ClFN3O5S/c33-24-15-20(25(34)17-26(24)35-30(39)23-18-43-29-7-2-1-5-22(23)29)16-28(38)27-6-3-14-37(27)32(36-12-4-13-36)42-21-10-8-19(9-11-21)31(40)41/h1-2,5,7,15,17-19,21,27,32H,3-4,6,8-14,16H2,(H,35,39)(H,40,41)/t19?,21?,27-,32-/m0/s1. The van der Waals surface area contributed by atoms with E-state index in [1.54, 1.807) is 5.38 Å². The highest BCUT2D eigenvalue weighted by Crippen LogP contribution is 2.34. The number of rotatable bonds is 10. The van der Waals surface area contributed by atoms with E-state index in [2.05, 4.69) is 15.1 Å². The number of carboxylic acid groups (broad SMARTS) is 1. The van der Waals surface area contributed by atoms with Gasteiger partial charge in [-0.1, -0.05) is 29.8 Å². The first-order chi connectivity index (χ1) is 20.8. The number of likely N-dealkylation sites (tertiary alicyclic amines) is 2. The second-order valence-corrected chi connectivity index (χ2v) is 13.0. The summed E-state index contributed by atoms with van der Waals surface area (Å²) >= 11 is 7.95. The number of ketones is 1. The number of carbonyl (C=O) groups excluding carboxylic acids is 2. The summed E-state index contributed by atoms with van der Waals surface area (Å²) in [6.45, 7) is 2.46. The van der Waals surface area contributed by atoms with Gasteiger partial charge in [0, 0.05) is 41.5 Å². The Labute approximate surface area is 258 Å². The lowest BCUT2D eigenvalue weighted by Crippen LogP contribution is -2.59. The third-order valence-corrected chi connectivity index (χ3v) is 10.2. The molecule has 0 unspecified atom stereocenters. The lowest BCUT2D eigenvalue weighted by Gasteiger charge is -2.46. The minimum atomic E-state index is -0.748. The van der Waals surface area contributed by atoms with Crippen molar-refractivity contribution in [2.45, 2.75) is 69.9 Å². The van der Waals surface area contributed by atoms with E-state index in [9.17, 15) is 19.5 Å². The van der Waals surface area contributed by atoms with Gasteiger partial charge < -0.3 is 15.2 Å². The van der Waals surface area contributed by atoms with Gasteiger partial charge >= 0.3 is 5.97 Å². The molecule has 2 atom stereocenters. The van der Waals surface area contributed by atoms with Crippen molar-refractivity contribution in [3.05, 3.63) is 63.7 Å². The number of carboxylic acids is 1. The second kappa shape index (κ2) is 13.0. The van der Waals surface area contributed by atoms with Crippen LogP contribution in [0.5, 0.6) is 0 Å². The zero-order valence-electron chi connectivity index (χ0n) is 23.8. The highest BCUT2D eigenvalue weighted by molar-refractivity contribution is 7.17. The van der Waals surface area contributed by atoms with Crippen LogP contribution in [-0.2, 0) is 20.7 Å². The van der Waals surface area contributed by atoms with Gasteiger partial charge in [0.25, 0.3) is 5.91 Å². The predicted octanol–water partition coefficient (Wildman–Crippen LogP) is 6.17. The molecule has 2 saturated heterocycles. The number of thiophene rings is 1. The molecule has 228 valence electrons. The van der Waals surface area contributed by atoms with Crippen molar-refractivity contribution >= 4 is 56.4 Å². The molecule has 2 aromatic carbocycles. The van der Waals surface area contributed by atoms with E-state index in [1.165, 1.54) is 23.5 Å². The van der Waals surface area contributed by atoms with Gasteiger partial charge in [0.2, 0.25) is 0 Å². The topological polar surface area (TPSA) is 99.2 Å². The summed E-state index contributed by atoms with van der Waals surface area (Å²) in [7, 11) is 0. The minimum absolute atomic E-state index is 0.0522. The van der Waals surface area contributed by atoms with Crippen molar-refractivity contribution in [2.24, 2.45) is 5.92 Å². The average molecular weight is 628 g/mol. The maximum absolute atomic E-state index is 15.3. The number of aliphatic carboxylic acids is 1. The van der Waals surface area contributed by atoms with E-state index in [0.29, 0.717) is 44.2 Å². The third kappa shape index (κ3) is 6.49. The molecule has 11 heteroatoms. The Balaban J connectivity index is 1.12. The van der Waals surface area contributed by atoms with Crippen molar-refractivity contribution in [3.8, 4) is 0 Å². The summed E-state index contributed by atoms with van der Waals surface area (Å²) in [5.74, 6) is -2.14. The fraction of sp³-hybridized carbons (Fsp3) is 0.469. The number of hydrogen-bond acceptors (Lipinski definition) is 7. The summed E-state index contributed by atoms with van der Waals surface area (Å²) in [6, 6.07) is 9.77. The lowest BCUT2D eigenvalue weighted by molar-refractivity contribution is -0.208. The van der Waals surface area contributed by atoms with Gasteiger partial charge in [0.1, 0.15) is 5.82 Å². The van der Waals surface area contributed by atoms with E-state index in [0.717, 1.165) is 36.0 Å². The number of amides is 1. The zero-order chi connectivity index (χ0) is 30.1. The molecule has 3 fully saturated rings. The quantitative estimate of drug-likeness (QED) is 0.277. The molecule has 6 rings (SSSR count). The smallest absolute Gasteiger partial charge is 0.306 e. The van der Waals surface area contributed by atoms with Crippen molar-refractivity contribution < 1.29 is 28.6 Å². The maximum atomic E-state index is 15.3. The van der Waals surface area contributed by atoms with Crippen LogP contribution in [0.15, 0.2) is 41.8 Å². The molecular weight excluding hydrogens is 593 g/mol. The number of carbonyl (C=O) groups is 3. The van der Waals surface area contributed by atoms with Crippen LogP contribution in [0.25, 0.3) is 10.1 Å². The summed E-state index contributed by atoms with van der Waals surface area (Å²) in [4.78, 5) is 42.3. The molecule has 3 aliphatic rings. The van der Waals surface area contributed by atoms with Gasteiger partial charge in [-0.3, -0.25) is 24.2 Å². The third-order valence-electron chi connectivity index (χ3n) is 8.96. The van der Waals surface area contributed by atoms with E-state index in [1.807, 2.05) is 24.3 Å². The molecule has 1 aliphatic carbocycles. The average Bonchev–Trinajstić information content (AvgIpc) is 3.62. The fourth-order valence-electron chi connectivity index (χ4n) is 6.42. The number of hydrogen-bond donors (Lipinski definition) is 2. The van der Waals surface area contributed by atoms with Crippen LogP contribution in [0.3, 0.4) is 0 Å². The largest absolute Gasteiger partial charge is 0.481 e. The first-order valence-electron chi connectivity index (χ1n) is 14.9. The number of ether oxygens (including phenoxy) is 1. The lowest BCUT2D eigenvalue weighted by atomic mass is 9.87. The Hall–Kier alpha value is -2.89. The van der Waals surface area contributed by atoms with Crippen LogP contribution in [0.2, 0.25) is 5.02 Å². The van der Waals surface area contributed by atoms with Crippen molar-refractivity contribution in [3.63, 3.8) is 0 Å². The van der Waals surface area contributed by atoms with Crippen LogP contribution in [0, 0.1) is 11.7 Å². The van der Waals surface area contributed by atoms with Crippen LogP contribution >= 0.6 is 22.9 Å². The fourth-order valence-corrected chi connectivity index (χ4v) is 7.60. The van der Waals surface area contributed by atoms with Gasteiger partial charge in [0.05, 0.1) is 34.3 Å². The van der Waals surface area contributed by atoms with E-state index >= 15 is 4.39 Å². The monoisotopic (exact) mass is 627 g/mol. The van der Waals surface area contributed by atoms with Crippen LogP contribution < -0.4 is 5.32 Å². The van der Waals surface area contributed by atoms with Crippen molar-refractivity contribution in [2.75, 3.05) is 25.0 Å². The molecule has 0 spiro atoms. The molecule has 3 heterocycles. The van der Waals surface area contributed by atoms with Crippen molar-refractivity contribution in [1.29, 1.82) is 0 Å². The molecule has 2 aliphatic heterocycles. The van der Waals surface area contributed by atoms with Gasteiger partial charge in [-0.15, -0.1) is 11.3 Å². The Bertz CT molecular complexity index is 1520. The summed E-state index contributed by atoms with van der Waals surface area (Å²) in [5, 5.41) is 14.8. The van der Waals surface area contributed by atoms with Gasteiger partial charge in [0.15, 0.2) is 12.1 Å². The Kier molecular flexibility index (Phi) is 9.11. The Morgan fingerprint density at radius 2 is 1.84 bits per heavy atom. The number of anilines is 1. The molecular formula is C32H35ClFN3O5S. The Morgan fingerprint density at radius 3 is 2.56 bits per heavy atom. The summed E-state index contributed by atoms with van der Waals surface area (Å²) in [6.07, 6.45) is 4.59. The number of halogens is 2. The molecule has 1 amide bonds. The van der Waals surface area contributed by atoms with E-state index in [4.69, 9.17) is 16.3 Å². The van der Waals surface area contributed by atoms with Crippen LogP contribution in [-0.4, -0.2) is 70.7 Å². The highest BCUT2D eigenvalue weighted by atomic mass is 35.5. The summed E-state index contributed by atoms with van der Waals surface area (Å²) < 4.78 is 22.9. The van der Waals surface area contributed by atoms with Crippen LogP contribution in [0.4, 0.5) is 10.1 Å². The SMILES string of the molecule is O=C(Nc1cc(F)c(CC(=O)[C@@H]2CCCN2[C@@H](OC2CCC(C(=O)O)CC2)N2CCC2)cc1Cl)c1csc2ccccc12. The highest BCUT2D eigenvalue weighted by Gasteiger charge is 2.41. The molecule has 8 nitrogen and oxygen atoms in total. The molecule has 1 aromatic heterocycles. The molecule has 0 radical (unpaired) electrons. The number of nitrogens with one attached hydrogen (secondary N) is 1. The van der Waals surface area contributed by atoms with Crippen LogP contribution in [0.1, 0.15) is 60.9 Å². The first-order valence-corrected chi connectivity index (χ1v) is 16.2. The first kappa shape index (κ1) is 30.1. The zero-order valence-corrected chi connectivity index (χ0v) is 25.3. The molecule has 2 N–H and O–H groups in total. The number of fused-ring (bicyclic) bond motifs is 1. The van der Waals surface area contributed by atoms with Gasteiger partial charge in [-0.25, -0.2) is 4.39 Å². The molecule has 0 bridgehead atoms. The molecule has 3 aromatic rings. The minimum Gasteiger partial charge on any atom is -0.481 e. The maximum Gasteiger partial charge on any atom is 0.306 e. The summed E-state index contributed by atoms with van der Waals surface area (Å²) in [5.41, 5.74) is 0.836. The van der Waals surface area contributed by atoms with Gasteiger partial charge in [-0.2, -0.15) is 0 Å². The van der Waals surface area contributed by atoms with Gasteiger partial charge in [-0.05, 0) is 68.7 Å². The number of Topliss-reactive ketones (excluding diaryl/α,β-unsaturated/α-hetero) is 1. The predicted molar refractivity (Wildman–Crippen MR) is 164 cm³/mol. The van der Waals surface area contributed by atoms with Crippen molar-refractivity contribution in [1.82, 2.24) is 9.80 Å².